The van der Waals surface area contributed by atoms with Gasteiger partial charge in [0.1, 0.15) is 5.75 Å². The van der Waals surface area contributed by atoms with Gasteiger partial charge in [0.05, 0.1) is 6.61 Å². The maximum atomic E-state index is 12.9. The Morgan fingerprint density at radius 1 is 1.00 bits per heavy atom. The topological polar surface area (TPSA) is 26.3 Å². The van der Waals surface area contributed by atoms with Gasteiger partial charge in [-0.05, 0) is 68.4 Å². The molecule has 27 heavy (non-hydrogen) atoms. The molecule has 146 valence electrons. The molecule has 0 aliphatic rings. The van der Waals surface area contributed by atoms with E-state index in [9.17, 15) is 4.79 Å². The zero-order valence-corrected chi connectivity index (χ0v) is 18.6. The number of carbonyl (C=O) groups is 1. The maximum absolute atomic E-state index is 12.9. The van der Waals surface area contributed by atoms with E-state index in [0.717, 1.165) is 40.8 Å². The van der Waals surface area contributed by atoms with E-state index in [1.54, 1.807) is 0 Å². The van der Waals surface area contributed by atoms with Gasteiger partial charge in [0.2, 0.25) is 0 Å². The first-order valence-corrected chi connectivity index (χ1v) is 10.9. The van der Waals surface area contributed by atoms with Crippen molar-refractivity contribution in [3.05, 3.63) is 58.7 Å². The Morgan fingerprint density at radius 3 is 2.11 bits per heavy atom. The van der Waals surface area contributed by atoms with Gasteiger partial charge in [-0.2, -0.15) is 0 Å². The van der Waals surface area contributed by atoms with E-state index in [-0.39, 0.29) is 19.5 Å². The minimum atomic E-state index is 0.0896. The Bertz CT molecular complexity index is 747. The minimum absolute atomic E-state index is 0.0896. The molecule has 2 aromatic rings. The fraction of sp³-hybridized carbons (Fsp3) is 0.458. The highest BCUT2D eigenvalue weighted by atomic mass is 31.1. The zero-order chi connectivity index (χ0) is 20.0. The smallest absolute Gasteiger partial charge is 0.186 e. The van der Waals surface area contributed by atoms with E-state index >= 15 is 0 Å². The first kappa shape index (κ1) is 21.6. The highest BCUT2D eigenvalue weighted by Crippen LogP contribution is 2.30. The molecular formula is C24H33O2P. The van der Waals surface area contributed by atoms with Crippen LogP contribution in [0.3, 0.4) is 0 Å². The molecule has 0 aromatic heterocycles. The van der Waals surface area contributed by atoms with Crippen LogP contribution in [0.5, 0.6) is 5.75 Å². The third-order valence-electron chi connectivity index (χ3n) is 4.75. The molecule has 0 radical (unpaired) electrons. The standard InChI is InChI=1S/C24H33O2P/c1-7-8-9-14-26-20-10-12-21(13-11-20)27-23(25)22-17(2)15-19(16-18(22)3)24(4,5)6/h10-13,15-16,27H,7-9,14H2,1-6H3. The molecule has 2 rings (SSSR count). The third kappa shape index (κ3) is 6.18. The van der Waals surface area contributed by atoms with Gasteiger partial charge in [-0.1, -0.05) is 64.8 Å². The fourth-order valence-electron chi connectivity index (χ4n) is 3.12. The van der Waals surface area contributed by atoms with Crippen LogP contribution >= 0.6 is 8.58 Å². The number of hydrogen-bond donors (Lipinski definition) is 0. The van der Waals surface area contributed by atoms with Crippen LogP contribution in [0, 0.1) is 13.8 Å². The van der Waals surface area contributed by atoms with Crippen molar-refractivity contribution in [2.45, 2.75) is 66.2 Å². The maximum Gasteiger partial charge on any atom is 0.186 e. The van der Waals surface area contributed by atoms with E-state index in [0.29, 0.717) is 0 Å². The Morgan fingerprint density at radius 2 is 1.59 bits per heavy atom. The van der Waals surface area contributed by atoms with Crippen molar-refractivity contribution < 1.29 is 9.53 Å². The van der Waals surface area contributed by atoms with Crippen molar-refractivity contribution in [1.82, 2.24) is 0 Å². The van der Waals surface area contributed by atoms with Crippen LogP contribution in [0.4, 0.5) is 0 Å². The summed E-state index contributed by atoms with van der Waals surface area (Å²) in [5.41, 5.74) is 4.61. The number of benzene rings is 2. The van der Waals surface area contributed by atoms with Crippen LogP contribution in [0.25, 0.3) is 0 Å². The Hall–Kier alpha value is -1.66. The van der Waals surface area contributed by atoms with Crippen LogP contribution in [-0.2, 0) is 5.41 Å². The van der Waals surface area contributed by atoms with Crippen molar-refractivity contribution in [2.24, 2.45) is 0 Å². The van der Waals surface area contributed by atoms with Crippen molar-refractivity contribution >= 4 is 19.4 Å². The Kier molecular flexibility index (Phi) is 7.62. The van der Waals surface area contributed by atoms with Gasteiger partial charge < -0.3 is 4.74 Å². The van der Waals surface area contributed by atoms with E-state index in [1.807, 2.05) is 38.1 Å². The number of hydrogen-bond acceptors (Lipinski definition) is 2. The predicted octanol–water partition coefficient (Wildman–Crippen LogP) is 6.31. The van der Waals surface area contributed by atoms with Crippen LogP contribution in [-0.4, -0.2) is 12.1 Å². The van der Waals surface area contributed by atoms with Crippen LogP contribution in [0.2, 0.25) is 0 Å². The second kappa shape index (κ2) is 9.51. The molecule has 0 saturated carbocycles. The van der Waals surface area contributed by atoms with Crippen molar-refractivity contribution in [3.63, 3.8) is 0 Å². The molecule has 1 unspecified atom stereocenters. The normalized spacial score (nSPS) is 11.9. The number of unbranched alkanes of at least 4 members (excludes halogenated alkanes) is 2. The summed E-state index contributed by atoms with van der Waals surface area (Å²) in [6.07, 6.45) is 3.48. The van der Waals surface area contributed by atoms with Gasteiger partial charge in [-0.15, -0.1) is 0 Å². The molecule has 2 aromatic carbocycles. The summed E-state index contributed by atoms with van der Waals surface area (Å²) in [4.78, 5) is 12.9. The van der Waals surface area contributed by atoms with Gasteiger partial charge in [-0.25, -0.2) is 0 Å². The highest BCUT2D eigenvalue weighted by Gasteiger charge is 2.19. The third-order valence-corrected chi connectivity index (χ3v) is 5.85. The second-order valence-electron chi connectivity index (χ2n) is 8.27. The minimum Gasteiger partial charge on any atom is -0.494 e. The molecule has 0 saturated heterocycles. The molecule has 0 spiro atoms. The summed E-state index contributed by atoms with van der Waals surface area (Å²) in [6.45, 7) is 13.7. The quantitative estimate of drug-likeness (QED) is 0.393. The zero-order valence-electron chi connectivity index (χ0n) is 17.6. The molecule has 0 bridgehead atoms. The van der Waals surface area contributed by atoms with Crippen LogP contribution in [0.15, 0.2) is 36.4 Å². The summed E-state index contributed by atoms with van der Waals surface area (Å²) in [5.74, 6) is 0.883. The molecular weight excluding hydrogens is 351 g/mol. The molecule has 3 heteroatoms. The molecule has 0 N–H and O–H groups in total. The summed E-state index contributed by atoms with van der Waals surface area (Å²) in [6, 6.07) is 12.3. The fourth-order valence-corrected chi connectivity index (χ4v) is 4.24. The molecule has 1 atom stereocenters. The van der Waals surface area contributed by atoms with Gasteiger partial charge in [0, 0.05) is 5.56 Å². The van der Waals surface area contributed by atoms with Gasteiger partial charge in [0.25, 0.3) is 0 Å². The molecule has 0 aliphatic heterocycles. The Labute approximate surface area is 166 Å². The van der Waals surface area contributed by atoms with E-state index in [4.69, 9.17) is 4.74 Å². The monoisotopic (exact) mass is 384 g/mol. The van der Waals surface area contributed by atoms with E-state index in [2.05, 4.69) is 39.8 Å². The average Bonchev–Trinajstić information content (AvgIpc) is 2.58. The van der Waals surface area contributed by atoms with Gasteiger partial charge in [0.15, 0.2) is 5.52 Å². The predicted molar refractivity (Wildman–Crippen MR) is 118 cm³/mol. The Balaban J connectivity index is 2.07. The molecule has 0 fully saturated rings. The summed E-state index contributed by atoms with van der Waals surface area (Å²) < 4.78 is 5.75. The van der Waals surface area contributed by atoms with Crippen molar-refractivity contribution in [3.8, 4) is 5.75 Å². The SMILES string of the molecule is CCCCCOc1ccc(PC(=O)c2c(C)cc(C(C)(C)C)cc2C)cc1. The van der Waals surface area contributed by atoms with Gasteiger partial charge in [-0.3, -0.25) is 4.79 Å². The highest BCUT2D eigenvalue weighted by molar-refractivity contribution is 7.66. The first-order valence-electron chi connectivity index (χ1n) is 9.88. The van der Waals surface area contributed by atoms with E-state index in [1.165, 1.54) is 18.4 Å². The number of ether oxygens (including phenoxy) is 1. The van der Waals surface area contributed by atoms with Crippen LogP contribution in [0.1, 0.15) is 74.0 Å². The number of rotatable bonds is 8. The average molecular weight is 385 g/mol. The number of carbonyl (C=O) groups excluding carboxylic acids is 1. The molecule has 0 amide bonds. The van der Waals surface area contributed by atoms with E-state index < -0.39 is 0 Å². The van der Waals surface area contributed by atoms with Crippen molar-refractivity contribution in [2.75, 3.05) is 6.61 Å². The summed E-state index contributed by atoms with van der Waals surface area (Å²) in [5, 5.41) is 1.06. The summed E-state index contributed by atoms with van der Waals surface area (Å²) >= 11 is 0. The van der Waals surface area contributed by atoms with Crippen LogP contribution < -0.4 is 10.0 Å². The molecule has 2 nitrogen and oxygen atoms in total. The number of aryl methyl sites for hydroxylation is 2. The summed E-state index contributed by atoms with van der Waals surface area (Å²) in [7, 11) is 0.136. The lowest BCUT2D eigenvalue weighted by atomic mass is 9.84. The second-order valence-corrected chi connectivity index (χ2v) is 9.55. The lowest BCUT2D eigenvalue weighted by molar-refractivity contribution is 0.108. The molecule has 0 heterocycles. The van der Waals surface area contributed by atoms with Gasteiger partial charge >= 0.3 is 0 Å². The lowest BCUT2D eigenvalue weighted by Crippen LogP contribution is -2.13. The van der Waals surface area contributed by atoms with Crippen molar-refractivity contribution in [1.29, 1.82) is 0 Å². The first-order chi connectivity index (χ1) is 12.7. The largest absolute Gasteiger partial charge is 0.494 e. The molecule has 0 aliphatic carbocycles. The lowest BCUT2D eigenvalue weighted by Gasteiger charge is -2.22.